The number of hydrogen-bond donors (Lipinski definition) is 0. The van der Waals surface area contributed by atoms with E-state index in [2.05, 4.69) is 10.1 Å². The summed E-state index contributed by atoms with van der Waals surface area (Å²) in [6, 6.07) is 9.83. The molecule has 0 fully saturated rings. The predicted molar refractivity (Wildman–Crippen MR) is 99.5 cm³/mol. The van der Waals surface area contributed by atoms with E-state index in [-0.39, 0.29) is 11.9 Å². The van der Waals surface area contributed by atoms with Crippen LogP contribution in [0.25, 0.3) is 11.4 Å². The van der Waals surface area contributed by atoms with Gasteiger partial charge in [-0.15, -0.1) is 0 Å². The minimum absolute atomic E-state index is 0.0943. The molecule has 1 atom stereocenters. The molecule has 0 bridgehead atoms. The van der Waals surface area contributed by atoms with Crippen LogP contribution >= 0.6 is 11.8 Å². The van der Waals surface area contributed by atoms with E-state index >= 15 is 0 Å². The molecule has 2 aromatic heterocycles. The van der Waals surface area contributed by atoms with Crippen molar-refractivity contribution >= 4 is 17.7 Å². The first-order valence-corrected chi connectivity index (χ1v) is 9.52. The Morgan fingerprint density at radius 1 is 1.27 bits per heavy atom. The summed E-state index contributed by atoms with van der Waals surface area (Å²) >= 11 is 1.46. The molecule has 7 nitrogen and oxygen atoms in total. The number of amides is 1. The molecule has 0 aliphatic carbocycles. The molecule has 0 saturated carbocycles. The largest absolute Gasteiger partial charge is 0.330 e. The van der Waals surface area contributed by atoms with Crippen LogP contribution in [-0.4, -0.2) is 47.4 Å². The van der Waals surface area contributed by atoms with Crippen LogP contribution in [-0.2, 0) is 18.4 Å². The highest BCUT2D eigenvalue weighted by atomic mass is 32.2. The van der Waals surface area contributed by atoms with E-state index in [1.165, 1.54) is 11.8 Å². The van der Waals surface area contributed by atoms with Gasteiger partial charge in [-0.25, -0.2) is 14.6 Å². The van der Waals surface area contributed by atoms with Gasteiger partial charge in [-0.1, -0.05) is 42.1 Å². The molecule has 0 radical (unpaired) electrons. The Bertz CT molecular complexity index is 919. The molecule has 3 aromatic rings. The summed E-state index contributed by atoms with van der Waals surface area (Å²) in [5.41, 5.74) is 0.991. The summed E-state index contributed by atoms with van der Waals surface area (Å²) in [5, 5.41) is 5.46. The Morgan fingerprint density at radius 2 is 2.08 bits per heavy atom. The summed E-state index contributed by atoms with van der Waals surface area (Å²) in [6.45, 7) is 3.32. The van der Waals surface area contributed by atoms with Crippen LogP contribution in [0.4, 0.5) is 0 Å². The Morgan fingerprint density at radius 3 is 2.81 bits per heavy atom. The fourth-order valence-electron chi connectivity index (χ4n) is 3.11. The van der Waals surface area contributed by atoms with Gasteiger partial charge >= 0.3 is 0 Å². The molecule has 0 saturated heterocycles. The van der Waals surface area contributed by atoms with E-state index < -0.39 is 0 Å². The standard InChI is InChI=1S/C18H20N6OS/c1-13-17-20-16(14-6-4-3-5-7-14)21-24(17)11-10-23(13)15(25)12-26-18-19-8-9-22(18)2/h3-9,13H,10-12H2,1-2H3/t13-/m0/s1. The molecule has 3 heterocycles. The van der Waals surface area contributed by atoms with Gasteiger partial charge in [0.25, 0.3) is 0 Å². The van der Waals surface area contributed by atoms with Gasteiger partial charge in [0, 0.05) is 31.5 Å². The fraction of sp³-hybridized carbons (Fsp3) is 0.333. The summed E-state index contributed by atoms with van der Waals surface area (Å²) in [7, 11) is 1.93. The lowest BCUT2D eigenvalue weighted by Gasteiger charge is -2.32. The van der Waals surface area contributed by atoms with Crippen molar-refractivity contribution in [2.24, 2.45) is 7.05 Å². The SMILES string of the molecule is C[C@H]1c2nc(-c3ccccc3)nn2CCN1C(=O)CSc1nccn1C. The van der Waals surface area contributed by atoms with Gasteiger partial charge in [0.05, 0.1) is 18.3 Å². The van der Waals surface area contributed by atoms with Crippen LogP contribution in [0.3, 0.4) is 0 Å². The van der Waals surface area contributed by atoms with E-state index in [4.69, 9.17) is 4.98 Å². The molecule has 0 N–H and O–H groups in total. The lowest BCUT2D eigenvalue weighted by Crippen LogP contribution is -2.42. The van der Waals surface area contributed by atoms with Crippen LogP contribution in [0.2, 0.25) is 0 Å². The van der Waals surface area contributed by atoms with Crippen molar-refractivity contribution in [3.63, 3.8) is 0 Å². The van der Waals surface area contributed by atoms with Crippen molar-refractivity contribution in [1.29, 1.82) is 0 Å². The number of hydrogen-bond acceptors (Lipinski definition) is 5. The molecule has 1 aliphatic rings. The second-order valence-electron chi connectivity index (χ2n) is 6.26. The van der Waals surface area contributed by atoms with Crippen LogP contribution in [0, 0.1) is 0 Å². The monoisotopic (exact) mass is 368 g/mol. The summed E-state index contributed by atoms with van der Waals surface area (Å²) in [5.74, 6) is 2.02. The van der Waals surface area contributed by atoms with Gasteiger partial charge in [0.2, 0.25) is 5.91 Å². The molecule has 4 rings (SSSR count). The van der Waals surface area contributed by atoms with Crippen molar-refractivity contribution in [3.05, 3.63) is 48.5 Å². The van der Waals surface area contributed by atoms with Crippen LogP contribution in [0.5, 0.6) is 0 Å². The third kappa shape index (κ3) is 3.12. The summed E-state index contributed by atoms with van der Waals surface area (Å²) in [4.78, 5) is 23.5. The quantitative estimate of drug-likeness (QED) is 0.662. The number of rotatable bonds is 4. The first-order chi connectivity index (χ1) is 12.6. The zero-order valence-electron chi connectivity index (χ0n) is 14.7. The first-order valence-electron chi connectivity index (χ1n) is 8.53. The Balaban J connectivity index is 1.49. The van der Waals surface area contributed by atoms with Crippen LogP contribution < -0.4 is 0 Å². The highest BCUT2D eigenvalue weighted by Gasteiger charge is 2.30. The molecule has 8 heteroatoms. The third-order valence-corrected chi connectivity index (χ3v) is 5.59. The first kappa shape index (κ1) is 16.8. The molecule has 26 heavy (non-hydrogen) atoms. The van der Waals surface area contributed by atoms with E-state index in [0.717, 1.165) is 16.5 Å². The topological polar surface area (TPSA) is 68.8 Å². The van der Waals surface area contributed by atoms with Gasteiger partial charge in [-0.05, 0) is 6.92 Å². The van der Waals surface area contributed by atoms with Gasteiger partial charge in [0.15, 0.2) is 11.0 Å². The molecule has 1 aliphatic heterocycles. The average Bonchev–Trinajstić information content (AvgIpc) is 3.27. The lowest BCUT2D eigenvalue weighted by atomic mass is 10.2. The number of aromatic nitrogens is 5. The van der Waals surface area contributed by atoms with Crippen molar-refractivity contribution in [1.82, 2.24) is 29.2 Å². The van der Waals surface area contributed by atoms with E-state index in [9.17, 15) is 4.79 Å². The van der Waals surface area contributed by atoms with E-state index in [1.54, 1.807) is 6.20 Å². The molecular weight excluding hydrogens is 348 g/mol. The average molecular weight is 368 g/mol. The molecule has 1 amide bonds. The molecule has 0 spiro atoms. The zero-order chi connectivity index (χ0) is 18.1. The van der Waals surface area contributed by atoms with Crippen molar-refractivity contribution in [2.75, 3.05) is 12.3 Å². The normalized spacial score (nSPS) is 16.5. The van der Waals surface area contributed by atoms with Gasteiger partial charge in [-0.3, -0.25) is 4.79 Å². The zero-order valence-corrected chi connectivity index (χ0v) is 15.6. The lowest BCUT2D eigenvalue weighted by molar-refractivity contribution is -0.131. The minimum atomic E-state index is -0.0943. The molecule has 1 aromatic carbocycles. The van der Waals surface area contributed by atoms with Crippen molar-refractivity contribution in [2.45, 2.75) is 24.7 Å². The Kier molecular flexibility index (Phi) is 4.50. The second-order valence-corrected chi connectivity index (χ2v) is 7.20. The van der Waals surface area contributed by atoms with Crippen LogP contribution in [0.15, 0.2) is 47.9 Å². The number of fused-ring (bicyclic) bond motifs is 1. The van der Waals surface area contributed by atoms with Crippen molar-refractivity contribution < 1.29 is 4.79 Å². The van der Waals surface area contributed by atoms with E-state index in [1.807, 2.05) is 64.6 Å². The fourth-order valence-corrected chi connectivity index (χ4v) is 3.93. The maximum Gasteiger partial charge on any atom is 0.233 e. The van der Waals surface area contributed by atoms with Gasteiger partial charge in [0.1, 0.15) is 5.82 Å². The van der Waals surface area contributed by atoms with Crippen LogP contribution in [0.1, 0.15) is 18.8 Å². The number of imidazole rings is 1. The molecule has 0 unspecified atom stereocenters. The van der Waals surface area contributed by atoms with E-state index in [0.29, 0.717) is 24.7 Å². The number of benzene rings is 1. The highest BCUT2D eigenvalue weighted by Crippen LogP contribution is 2.27. The second kappa shape index (κ2) is 6.95. The third-order valence-electron chi connectivity index (χ3n) is 4.55. The maximum absolute atomic E-state index is 12.7. The molecular formula is C18H20N6OS. The number of nitrogens with zero attached hydrogens (tertiary/aromatic N) is 6. The summed E-state index contributed by atoms with van der Waals surface area (Å²) < 4.78 is 3.84. The van der Waals surface area contributed by atoms with Crippen molar-refractivity contribution in [3.8, 4) is 11.4 Å². The summed E-state index contributed by atoms with van der Waals surface area (Å²) in [6.07, 6.45) is 3.62. The number of carbonyl (C=O) groups excluding carboxylic acids is 1. The Labute approximate surface area is 156 Å². The molecule has 134 valence electrons. The minimum Gasteiger partial charge on any atom is -0.330 e. The number of aryl methyl sites for hydroxylation is 1. The van der Waals surface area contributed by atoms with Gasteiger partial charge < -0.3 is 9.47 Å². The van der Waals surface area contributed by atoms with Gasteiger partial charge in [-0.2, -0.15) is 5.10 Å². The highest BCUT2D eigenvalue weighted by molar-refractivity contribution is 7.99. The predicted octanol–water partition coefficient (Wildman–Crippen LogP) is 2.37. The Hall–Kier alpha value is -2.61. The smallest absolute Gasteiger partial charge is 0.233 e. The number of carbonyl (C=O) groups is 1. The maximum atomic E-state index is 12.7. The number of thioether (sulfide) groups is 1.